The molecule has 0 aliphatic heterocycles. The molecule has 1 aromatic heterocycles. The molecule has 4 rings (SSSR count). The fourth-order valence-electron chi connectivity index (χ4n) is 3.13. The Labute approximate surface area is 162 Å². The second-order valence-corrected chi connectivity index (χ2v) is 6.91. The van der Waals surface area contributed by atoms with Crippen LogP contribution in [0, 0.1) is 6.92 Å². The number of ether oxygens (including phenoxy) is 1. The highest BCUT2D eigenvalue weighted by Crippen LogP contribution is 2.35. The molecule has 0 unspecified atom stereocenters. The molecule has 4 aromatic rings. The SMILES string of the molecule is CCCCOC(=O)c1ccc2cc(O)c(-c3nc4cc(C)ccc4o3)cc2c1. The molecule has 0 aliphatic carbocycles. The first-order valence-corrected chi connectivity index (χ1v) is 9.36. The molecule has 1 N–H and O–H groups in total. The predicted octanol–water partition coefficient (Wildman–Crippen LogP) is 5.62. The van der Waals surface area contributed by atoms with Gasteiger partial charge in [0.1, 0.15) is 11.3 Å². The van der Waals surface area contributed by atoms with Crippen molar-refractivity contribution in [3.8, 4) is 17.2 Å². The van der Waals surface area contributed by atoms with E-state index in [2.05, 4.69) is 4.98 Å². The van der Waals surface area contributed by atoms with Crippen molar-refractivity contribution in [3.63, 3.8) is 0 Å². The van der Waals surface area contributed by atoms with Gasteiger partial charge in [0.25, 0.3) is 0 Å². The molecule has 0 amide bonds. The lowest BCUT2D eigenvalue weighted by atomic mass is 10.0. The highest BCUT2D eigenvalue weighted by molar-refractivity contribution is 5.97. The summed E-state index contributed by atoms with van der Waals surface area (Å²) >= 11 is 0. The van der Waals surface area contributed by atoms with E-state index in [0.29, 0.717) is 29.2 Å². The van der Waals surface area contributed by atoms with E-state index in [1.54, 1.807) is 30.3 Å². The van der Waals surface area contributed by atoms with Gasteiger partial charge in [-0.2, -0.15) is 0 Å². The monoisotopic (exact) mass is 375 g/mol. The zero-order chi connectivity index (χ0) is 19.7. The number of aromatic nitrogens is 1. The minimum Gasteiger partial charge on any atom is -0.507 e. The minimum absolute atomic E-state index is 0.0778. The fraction of sp³-hybridized carbons (Fsp3) is 0.217. The molecule has 5 nitrogen and oxygen atoms in total. The number of nitrogens with zero attached hydrogens (tertiary/aromatic N) is 1. The van der Waals surface area contributed by atoms with Gasteiger partial charge in [-0.3, -0.25) is 0 Å². The molecule has 0 saturated heterocycles. The number of hydrogen-bond acceptors (Lipinski definition) is 5. The number of carbonyl (C=O) groups excluding carboxylic acids is 1. The number of carbonyl (C=O) groups is 1. The number of hydrogen-bond donors (Lipinski definition) is 1. The van der Waals surface area contributed by atoms with Crippen molar-refractivity contribution in [2.24, 2.45) is 0 Å². The third kappa shape index (κ3) is 3.43. The van der Waals surface area contributed by atoms with Crippen LogP contribution < -0.4 is 0 Å². The number of aromatic hydroxyl groups is 1. The van der Waals surface area contributed by atoms with Crippen LogP contribution in [0.25, 0.3) is 33.3 Å². The summed E-state index contributed by atoms with van der Waals surface area (Å²) in [5, 5.41) is 12.1. The molecule has 0 spiro atoms. The van der Waals surface area contributed by atoms with Crippen molar-refractivity contribution in [3.05, 3.63) is 59.7 Å². The van der Waals surface area contributed by atoms with Gasteiger partial charge in [0.2, 0.25) is 5.89 Å². The van der Waals surface area contributed by atoms with Gasteiger partial charge in [-0.25, -0.2) is 9.78 Å². The summed E-state index contributed by atoms with van der Waals surface area (Å²) in [5.41, 5.74) is 3.45. The van der Waals surface area contributed by atoms with Crippen LogP contribution in [0.2, 0.25) is 0 Å². The van der Waals surface area contributed by atoms with Gasteiger partial charge < -0.3 is 14.3 Å². The lowest BCUT2D eigenvalue weighted by Gasteiger charge is -2.07. The summed E-state index contributed by atoms with van der Waals surface area (Å²) < 4.78 is 11.1. The molecule has 0 bridgehead atoms. The lowest BCUT2D eigenvalue weighted by molar-refractivity contribution is 0.0500. The molecule has 0 saturated carbocycles. The second-order valence-electron chi connectivity index (χ2n) is 6.91. The van der Waals surface area contributed by atoms with Gasteiger partial charge in [0.15, 0.2) is 5.58 Å². The maximum Gasteiger partial charge on any atom is 0.338 e. The summed E-state index contributed by atoms with van der Waals surface area (Å²) in [6.07, 6.45) is 1.81. The molecule has 0 radical (unpaired) electrons. The van der Waals surface area contributed by atoms with Gasteiger partial charge in [-0.05, 0) is 66.1 Å². The summed E-state index contributed by atoms with van der Waals surface area (Å²) in [5.74, 6) is 0.0762. The van der Waals surface area contributed by atoms with Gasteiger partial charge in [0, 0.05) is 0 Å². The van der Waals surface area contributed by atoms with Crippen LogP contribution in [0.4, 0.5) is 0 Å². The fourth-order valence-corrected chi connectivity index (χ4v) is 3.13. The number of esters is 1. The number of fused-ring (bicyclic) bond motifs is 2. The van der Waals surface area contributed by atoms with E-state index >= 15 is 0 Å². The Bertz CT molecular complexity index is 1180. The van der Waals surface area contributed by atoms with Crippen molar-refractivity contribution in [2.45, 2.75) is 26.7 Å². The highest BCUT2D eigenvalue weighted by atomic mass is 16.5. The Hall–Kier alpha value is -3.34. The number of aryl methyl sites for hydroxylation is 1. The first-order chi connectivity index (χ1) is 13.5. The van der Waals surface area contributed by atoms with Crippen molar-refractivity contribution >= 4 is 27.8 Å². The third-order valence-corrected chi connectivity index (χ3v) is 4.70. The van der Waals surface area contributed by atoms with E-state index in [1.165, 1.54) is 0 Å². The molecule has 1 heterocycles. The Balaban J connectivity index is 1.73. The highest BCUT2D eigenvalue weighted by Gasteiger charge is 2.15. The van der Waals surface area contributed by atoms with E-state index in [0.717, 1.165) is 34.7 Å². The summed E-state index contributed by atoms with van der Waals surface area (Å²) in [4.78, 5) is 16.7. The Morgan fingerprint density at radius 2 is 1.96 bits per heavy atom. The number of phenolic OH excluding ortho intramolecular Hbond substituents is 1. The molecule has 0 aliphatic rings. The van der Waals surface area contributed by atoms with E-state index in [1.807, 2.05) is 32.0 Å². The van der Waals surface area contributed by atoms with Gasteiger partial charge in [-0.1, -0.05) is 25.5 Å². The van der Waals surface area contributed by atoms with E-state index in [9.17, 15) is 9.90 Å². The Morgan fingerprint density at radius 1 is 1.11 bits per heavy atom. The molecular weight excluding hydrogens is 354 g/mol. The smallest absolute Gasteiger partial charge is 0.338 e. The summed E-state index contributed by atoms with van der Waals surface area (Å²) in [6, 6.07) is 14.5. The first-order valence-electron chi connectivity index (χ1n) is 9.36. The number of unbranched alkanes of at least 4 members (excludes halogenated alkanes) is 1. The van der Waals surface area contributed by atoms with E-state index in [-0.39, 0.29) is 11.7 Å². The van der Waals surface area contributed by atoms with Crippen molar-refractivity contribution < 1.29 is 19.1 Å². The van der Waals surface area contributed by atoms with Crippen LogP contribution in [-0.4, -0.2) is 22.7 Å². The molecular formula is C23H21NO4. The van der Waals surface area contributed by atoms with Gasteiger partial charge in [0.05, 0.1) is 17.7 Å². The quantitative estimate of drug-likeness (QED) is 0.362. The van der Waals surface area contributed by atoms with Gasteiger partial charge in [-0.15, -0.1) is 0 Å². The summed E-state index contributed by atoms with van der Waals surface area (Å²) in [7, 11) is 0. The topological polar surface area (TPSA) is 72.6 Å². The lowest BCUT2D eigenvalue weighted by Crippen LogP contribution is -2.06. The molecule has 142 valence electrons. The average Bonchev–Trinajstić information content (AvgIpc) is 3.10. The number of phenols is 1. The normalized spacial score (nSPS) is 11.2. The van der Waals surface area contributed by atoms with Crippen molar-refractivity contribution in [2.75, 3.05) is 6.61 Å². The molecule has 0 atom stereocenters. The zero-order valence-corrected chi connectivity index (χ0v) is 15.9. The van der Waals surface area contributed by atoms with Gasteiger partial charge >= 0.3 is 5.97 Å². The third-order valence-electron chi connectivity index (χ3n) is 4.70. The van der Waals surface area contributed by atoms with Crippen LogP contribution in [0.3, 0.4) is 0 Å². The van der Waals surface area contributed by atoms with E-state index in [4.69, 9.17) is 9.15 Å². The largest absolute Gasteiger partial charge is 0.507 e. The molecule has 28 heavy (non-hydrogen) atoms. The summed E-state index contributed by atoms with van der Waals surface area (Å²) in [6.45, 7) is 4.45. The Morgan fingerprint density at radius 3 is 2.79 bits per heavy atom. The maximum absolute atomic E-state index is 12.2. The molecule has 5 heteroatoms. The molecule has 3 aromatic carbocycles. The standard InChI is InChI=1S/C23H21NO4/c1-3-4-9-27-23(26)16-7-6-15-13-20(25)18(12-17(15)11-16)22-24-19-10-14(2)5-8-21(19)28-22/h5-8,10-13,25H,3-4,9H2,1-2H3. The van der Waals surface area contributed by atoms with Crippen LogP contribution in [-0.2, 0) is 4.74 Å². The minimum atomic E-state index is -0.345. The van der Waals surface area contributed by atoms with Crippen molar-refractivity contribution in [1.29, 1.82) is 0 Å². The van der Waals surface area contributed by atoms with Crippen molar-refractivity contribution in [1.82, 2.24) is 4.98 Å². The second kappa shape index (κ2) is 7.35. The number of oxazole rings is 1. The molecule has 0 fully saturated rings. The van der Waals surface area contributed by atoms with Crippen LogP contribution in [0.15, 0.2) is 52.9 Å². The average molecular weight is 375 g/mol. The Kier molecular flexibility index (Phi) is 4.74. The first kappa shape index (κ1) is 18.0. The maximum atomic E-state index is 12.2. The van der Waals surface area contributed by atoms with Crippen LogP contribution >= 0.6 is 0 Å². The van der Waals surface area contributed by atoms with Crippen LogP contribution in [0.1, 0.15) is 35.7 Å². The van der Waals surface area contributed by atoms with Crippen LogP contribution in [0.5, 0.6) is 5.75 Å². The number of benzene rings is 3. The van der Waals surface area contributed by atoms with E-state index < -0.39 is 0 Å². The predicted molar refractivity (Wildman–Crippen MR) is 109 cm³/mol. The number of rotatable bonds is 5. The zero-order valence-electron chi connectivity index (χ0n) is 15.9.